The number of aromatic nitrogens is 2. The quantitative estimate of drug-likeness (QED) is 0.830. The minimum Gasteiger partial charge on any atom is -0.349 e. The molecule has 92 valence electrons. The second-order valence-corrected chi connectivity index (χ2v) is 3.81. The Hall–Kier alpha value is -2.27. The first kappa shape index (κ1) is 12.2. The van der Waals surface area contributed by atoms with E-state index in [-0.39, 0.29) is 5.91 Å². The number of carbonyl (C=O) groups is 1. The molecule has 18 heavy (non-hydrogen) atoms. The molecule has 1 aromatic heterocycles. The molecule has 0 radical (unpaired) electrons. The molecule has 2 aromatic rings. The number of hydrogen-bond donors (Lipinski definition) is 2. The van der Waals surface area contributed by atoms with Crippen LogP contribution in [-0.2, 0) is 11.3 Å². The third-order valence-corrected chi connectivity index (χ3v) is 2.53. The lowest BCUT2D eigenvalue weighted by molar-refractivity contribution is -0.122. The van der Waals surface area contributed by atoms with E-state index < -0.39 is 6.04 Å². The number of nitrogens with zero attached hydrogens (tertiary/aromatic N) is 2. The van der Waals surface area contributed by atoms with Crippen molar-refractivity contribution in [1.82, 2.24) is 15.3 Å². The van der Waals surface area contributed by atoms with Crippen molar-refractivity contribution in [3.8, 4) is 0 Å². The first-order valence-corrected chi connectivity index (χ1v) is 5.60. The van der Waals surface area contributed by atoms with E-state index in [4.69, 9.17) is 5.73 Å². The SMILES string of the molecule is NC(C(=O)NCc1ccncn1)c1ccccc1. The Balaban J connectivity index is 1.93. The van der Waals surface area contributed by atoms with Crippen LogP contribution in [0.15, 0.2) is 48.9 Å². The Morgan fingerprint density at radius 1 is 1.28 bits per heavy atom. The largest absolute Gasteiger partial charge is 0.349 e. The maximum Gasteiger partial charge on any atom is 0.241 e. The summed E-state index contributed by atoms with van der Waals surface area (Å²) in [6.07, 6.45) is 3.07. The van der Waals surface area contributed by atoms with Gasteiger partial charge in [0.2, 0.25) is 5.91 Å². The summed E-state index contributed by atoms with van der Waals surface area (Å²) in [6, 6.07) is 10.3. The minimum absolute atomic E-state index is 0.222. The molecule has 0 aliphatic carbocycles. The zero-order chi connectivity index (χ0) is 12.8. The second-order valence-electron chi connectivity index (χ2n) is 3.81. The Bertz CT molecular complexity index is 501. The summed E-state index contributed by atoms with van der Waals surface area (Å²) >= 11 is 0. The fraction of sp³-hybridized carbons (Fsp3) is 0.154. The first-order chi connectivity index (χ1) is 8.77. The van der Waals surface area contributed by atoms with E-state index in [9.17, 15) is 4.79 Å². The summed E-state index contributed by atoms with van der Waals surface area (Å²) in [7, 11) is 0. The molecule has 1 atom stereocenters. The molecule has 0 aliphatic rings. The highest BCUT2D eigenvalue weighted by atomic mass is 16.2. The van der Waals surface area contributed by atoms with Crippen molar-refractivity contribution in [1.29, 1.82) is 0 Å². The van der Waals surface area contributed by atoms with E-state index in [1.807, 2.05) is 30.3 Å². The molecule has 5 heteroatoms. The van der Waals surface area contributed by atoms with E-state index in [0.717, 1.165) is 11.3 Å². The van der Waals surface area contributed by atoms with Crippen LogP contribution in [0.1, 0.15) is 17.3 Å². The highest BCUT2D eigenvalue weighted by molar-refractivity contribution is 5.82. The van der Waals surface area contributed by atoms with Gasteiger partial charge in [0.05, 0.1) is 12.2 Å². The van der Waals surface area contributed by atoms with E-state index in [2.05, 4.69) is 15.3 Å². The number of carbonyl (C=O) groups excluding carboxylic acids is 1. The molecule has 5 nitrogen and oxygen atoms in total. The monoisotopic (exact) mass is 242 g/mol. The van der Waals surface area contributed by atoms with Crippen molar-refractivity contribution in [2.75, 3.05) is 0 Å². The third kappa shape index (κ3) is 3.11. The Morgan fingerprint density at radius 2 is 2.06 bits per heavy atom. The lowest BCUT2D eigenvalue weighted by Crippen LogP contribution is -2.33. The molecular weight excluding hydrogens is 228 g/mol. The van der Waals surface area contributed by atoms with Gasteiger partial charge in [-0.2, -0.15) is 0 Å². The van der Waals surface area contributed by atoms with E-state index >= 15 is 0 Å². The van der Waals surface area contributed by atoms with Gasteiger partial charge in [-0.1, -0.05) is 30.3 Å². The van der Waals surface area contributed by atoms with Crippen molar-refractivity contribution in [2.45, 2.75) is 12.6 Å². The Morgan fingerprint density at radius 3 is 2.72 bits per heavy atom. The maximum absolute atomic E-state index is 11.8. The third-order valence-electron chi connectivity index (χ3n) is 2.53. The Kier molecular flexibility index (Phi) is 3.98. The number of rotatable bonds is 4. The summed E-state index contributed by atoms with van der Waals surface area (Å²) in [4.78, 5) is 19.7. The molecule has 0 spiro atoms. The standard InChI is InChI=1S/C13H14N4O/c14-12(10-4-2-1-3-5-10)13(18)16-8-11-6-7-15-9-17-11/h1-7,9,12H,8,14H2,(H,16,18). The van der Waals surface area contributed by atoms with E-state index in [1.54, 1.807) is 12.3 Å². The lowest BCUT2D eigenvalue weighted by Gasteiger charge is -2.12. The van der Waals surface area contributed by atoms with Crippen LogP contribution in [0, 0.1) is 0 Å². The average molecular weight is 242 g/mol. The predicted octanol–water partition coefficient (Wildman–Crippen LogP) is 0.793. The fourth-order valence-electron chi connectivity index (χ4n) is 1.52. The average Bonchev–Trinajstić information content (AvgIpc) is 2.46. The summed E-state index contributed by atoms with van der Waals surface area (Å²) < 4.78 is 0. The molecule has 1 unspecified atom stereocenters. The normalized spacial score (nSPS) is 11.8. The first-order valence-electron chi connectivity index (χ1n) is 5.60. The lowest BCUT2D eigenvalue weighted by atomic mass is 10.1. The molecule has 0 saturated heterocycles. The van der Waals surface area contributed by atoms with Gasteiger partial charge in [0.1, 0.15) is 12.4 Å². The van der Waals surface area contributed by atoms with Gasteiger partial charge in [-0.25, -0.2) is 9.97 Å². The zero-order valence-corrected chi connectivity index (χ0v) is 9.78. The highest BCUT2D eigenvalue weighted by Gasteiger charge is 2.14. The van der Waals surface area contributed by atoms with Gasteiger partial charge in [-0.05, 0) is 11.6 Å². The summed E-state index contributed by atoms with van der Waals surface area (Å²) in [5.41, 5.74) is 7.40. The van der Waals surface area contributed by atoms with Crippen LogP contribution in [-0.4, -0.2) is 15.9 Å². The molecule has 0 saturated carbocycles. The van der Waals surface area contributed by atoms with Crippen molar-refractivity contribution in [3.63, 3.8) is 0 Å². The van der Waals surface area contributed by atoms with Crippen molar-refractivity contribution in [3.05, 3.63) is 60.2 Å². The van der Waals surface area contributed by atoms with Crippen LogP contribution >= 0.6 is 0 Å². The van der Waals surface area contributed by atoms with Gasteiger partial charge in [0, 0.05) is 6.20 Å². The van der Waals surface area contributed by atoms with Crippen LogP contribution in [0.5, 0.6) is 0 Å². The maximum atomic E-state index is 11.8. The van der Waals surface area contributed by atoms with Crippen molar-refractivity contribution >= 4 is 5.91 Å². The van der Waals surface area contributed by atoms with Crippen LogP contribution < -0.4 is 11.1 Å². The molecule has 0 bridgehead atoms. The van der Waals surface area contributed by atoms with Crippen molar-refractivity contribution < 1.29 is 4.79 Å². The molecule has 1 heterocycles. The van der Waals surface area contributed by atoms with Gasteiger partial charge in [-0.3, -0.25) is 4.79 Å². The number of nitrogens with one attached hydrogen (secondary N) is 1. The van der Waals surface area contributed by atoms with Gasteiger partial charge < -0.3 is 11.1 Å². The van der Waals surface area contributed by atoms with E-state index in [0.29, 0.717) is 6.54 Å². The van der Waals surface area contributed by atoms with Gasteiger partial charge in [0.15, 0.2) is 0 Å². The molecule has 1 aromatic carbocycles. The van der Waals surface area contributed by atoms with Crippen LogP contribution in [0.3, 0.4) is 0 Å². The summed E-state index contributed by atoms with van der Waals surface area (Å²) in [6.45, 7) is 0.349. The molecule has 1 amide bonds. The van der Waals surface area contributed by atoms with Crippen LogP contribution in [0.4, 0.5) is 0 Å². The molecule has 0 fully saturated rings. The van der Waals surface area contributed by atoms with Gasteiger partial charge in [-0.15, -0.1) is 0 Å². The minimum atomic E-state index is -0.659. The zero-order valence-electron chi connectivity index (χ0n) is 9.78. The summed E-state index contributed by atoms with van der Waals surface area (Å²) in [5.74, 6) is -0.222. The van der Waals surface area contributed by atoms with Crippen LogP contribution in [0.25, 0.3) is 0 Å². The molecular formula is C13H14N4O. The topological polar surface area (TPSA) is 80.9 Å². The van der Waals surface area contributed by atoms with Gasteiger partial charge >= 0.3 is 0 Å². The van der Waals surface area contributed by atoms with Crippen LogP contribution in [0.2, 0.25) is 0 Å². The molecule has 3 N–H and O–H groups in total. The van der Waals surface area contributed by atoms with Gasteiger partial charge in [0.25, 0.3) is 0 Å². The highest BCUT2D eigenvalue weighted by Crippen LogP contribution is 2.09. The summed E-state index contributed by atoms with van der Waals surface area (Å²) in [5, 5.41) is 2.74. The fourth-order valence-corrected chi connectivity index (χ4v) is 1.52. The predicted molar refractivity (Wildman–Crippen MR) is 67.2 cm³/mol. The number of benzene rings is 1. The smallest absolute Gasteiger partial charge is 0.241 e. The number of nitrogens with two attached hydrogens (primary N) is 1. The number of amides is 1. The molecule has 2 rings (SSSR count). The molecule has 0 aliphatic heterocycles. The Labute approximate surface area is 105 Å². The number of hydrogen-bond acceptors (Lipinski definition) is 4. The van der Waals surface area contributed by atoms with Crippen molar-refractivity contribution in [2.24, 2.45) is 5.73 Å². The van der Waals surface area contributed by atoms with E-state index in [1.165, 1.54) is 6.33 Å². The second kappa shape index (κ2) is 5.88.